The van der Waals surface area contributed by atoms with Crippen molar-refractivity contribution in [3.63, 3.8) is 0 Å². The second-order valence-corrected chi connectivity index (χ2v) is 7.31. The third-order valence-electron chi connectivity index (χ3n) is 5.23. The Hall–Kier alpha value is -4.01. The Bertz CT molecular complexity index is 1230. The number of nitrogens with two attached hydrogens (primary N) is 1. The van der Waals surface area contributed by atoms with Crippen molar-refractivity contribution in [1.82, 2.24) is 20.4 Å². The molecule has 0 fully saturated rings. The lowest BCUT2D eigenvalue weighted by atomic mass is 9.94. The minimum Gasteiger partial charge on any atom is -0.490 e. The molecule has 1 aromatic heterocycles. The number of nitrogens with zero attached hydrogens (tertiary/aromatic N) is 2. The fourth-order valence-corrected chi connectivity index (χ4v) is 3.88. The quantitative estimate of drug-likeness (QED) is 0.527. The minimum absolute atomic E-state index is 0.323. The zero-order valence-electron chi connectivity index (χ0n) is 18.1. The van der Waals surface area contributed by atoms with Gasteiger partial charge in [0.25, 0.3) is 0 Å². The van der Waals surface area contributed by atoms with E-state index >= 15 is 0 Å². The van der Waals surface area contributed by atoms with E-state index in [0.717, 1.165) is 22.2 Å². The summed E-state index contributed by atoms with van der Waals surface area (Å²) in [6.45, 7) is 6.56. The number of ether oxygens (including phenoxy) is 2. The van der Waals surface area contributed by atoms with Crippen molar-refractivity contribution in [2.75, 3.05) is 13.2 Å². The van der Waals surface area contributed by atoms with Crippen molar-refractivity contribution in [1.29, 1.82) is 0 Å². The molecule has 4 N–H and O–H groups in total. The molecule has 1 unspecified atom stereocenters. The van der Waals surface area contributed by atoms with Gasteiger partial charge >= 0.3 is 6.03 Å². The number of carbonyl (C=O) groups is 2. The van der Waals surface area contributed by atoms with Crippen molar-refractivity contribution >= 4 is 22.8 Å². The predicted octanol–water partition coefficient (Wildman–Crippen LogP) is 2.94. The van der Waals surface area contributed by atoms with E-state index in [-0.39, 0.29) is 6.03 Å². The second-order valence-electron chi connectivity index (χ2n) is 7.31. The molecule has 166 valence electrons. The molecule has 32 heavy (non-hydrogen) atoms. The number of aromatic nitrogens is 2. The summed E-state index contributed by atoms with van der Waals surface area (Å²) in [7, 11) is 0. The first-order chi connectivity index (χ1) is 15.4. The van der Waals surface area contributed by atoms with Gasteiger partial charge in [-0.1, -0.05) is 6.07 Å². The maximum absolute atomic E-state index is 12.0. The highest BCUT2D eigenvalue weighted by Gasteiger charge is 2.30. The van der Waals surface area contributed by atoms with E-state index < -0.39 is 11.9 Å². The predicted molar refractivity (Wildman–Crippen MR) is 120 cm³/mol. The Morgan fingerprint density at radius 3 is 2.59 bits per heavy atom. The number of fused-ring (bicyclic) bond motifs is 1. The highest BCUT2D eigenvalue weighted by Crippen LogP contribution is 2.32. The van der Waals surface area contributed by atoms with Crippen LogP contribution in [-0.2, 0) is 4.79 Å². The Morgan fingerprint density at radius 1 is 1.12 bits per heavy atom. The lowest BCUT2D eigenvalue weighted by molar-refractivity contribution is -0.115. The number of urea groups is 1. The van der Waals surface area contributed by atoms with Gasteiger partial charge in [0.05, 0.1) is 42.2 Å². The number of hydrogen-bond donors (Lipinski definition) is 3. The Morgan fingerprint density at radius 2 is 1.88 bits per heavy atom. The van der Waals surface area contributed by atoms with Gasteiger partial charge in [0.15, 0.2) is 11.5 Å². The van der Waals surface area contributed by atoms with Gasteiger partial charge in [-0.3, -0.25) is 4.79 Å². The van der Waals surface area contributed by atoms with Gasteiger partial charge in [-0.2, -0.15) is 5.10 Å². The average molecular weight is 435 g/mol. The maximum atomic E-state index is 12.0. The van der Waals surface area contributed by atoms with Crippen LogP contribution in [0, 0.1) is 0 Å². The van der Waals surface area contributed by atoms with E-state index in [4.69, 9.17) is 15.2 Å². The molecule has 0 aliphatic carbocycles. The molecule has 0 saturated heterocycles. The van der Waals surface area contributed by atoms with Crippen LogP contribution in [0.1, 0.15) is 32.4 Å². The van der Waals surface area contributed by atoms with E-state index in [2.05, 4.69) is 15.7 Å². The van der Waals surface area contributed by atoms with Gasteiger partial charge < -0.3 is 25.8 Å². The molecule has 9 nitrogen and oxygen atoms in total. The zero-order chi connectivity index (χ0) is 22.8. The summed E-state index contributed by atoms with van der Waals surface area (Å²) in [5.74, 6) is 0.740. The van der Waals surface area contributed by atoms with Gasteiger partial charge in [-0.15, -0.1) is 0 Å². The van der Waals surface area contributed by atoms with Crippen LogP contribution >= 0.6 is 0 Å². The molecule has 1 atom stereocenters. The molecule has 4 rings (SSSR count). The molecule has 3 amide bonds. The third-order valence-corrected chi connectivity index (χ3v) is 5.23. The topological polar surface area (TPSA) is 120 Å². The van der Waals surface area contributed by atoms with Gasteiger partial charge in [-0.05, 0) is 50.6 Å². The fraction of sp³-hybridized carbons (Fsp3) is 0.261. The third kappa shape index (κ3) is 3.84. The summed E-state index contributed by atoms with van der Waals surface area (Å²) in [5, 5.41) is 10.7. The van der Waals surface area contributed by atoms with E-state index in [1.54, 1.807) is 17.8 Å². The largest absolute Gasteiger partial charge is 0.490 e. The van der Waals surface area contributed by atoms with E-state index in [1.165, 1.54) is 0 Å². The van der Waals surface area contributed by atoms with Crippen molar-refractivity contribution < 1.29 is 19.1 Å². The van der Waals surface area contributed by atoms with Crippen LogP contribution in [0.5, 0.6) is 11.5 Å². The summed E-state index contributed by atoms with van der Waals surface area (Å²) < 4.78 is 13.2. The van der Waals surface area contributed by atoms with Gasteiger partial charge in [0, 0.05) is 17.1 Å². The van der Waals surface area contributed by atoms with E-state index in [9.17, 15) is 9.59 Å². The van der Waals surface area contributed by atoms with Crippen LogP contribution in [0.2, 0.25) is 0 Å². The van der Waals surface area contributed by atoms with Crippen LogP contribution in [0.15, 0.2) is 53.9 Å². The molecule has 1 aliphatic heterocycles. The molecule has 2 heterocycles. The number of primary amides is 1. The molecule has 0 bridgehead atoms. The molecular formula is C23H25N5O4. The smallest absolute Gasteiger partial charge is 0.319 e. The van der Waals surface area contributed by atoms with E-state index in [1.807, 2.05) is 50.2 Å². The first kappa shape index (κ1) is 21.2. The molecule has 0 radical (unpaired) electrons. The van der Waals surface area contributed by atoms with Gasteiger partial charge in [0.1, 0.15) is 0 Å². The second kappa shape index (κ2) is 8.62. The number of allylic oxidation sites excluding steroid dienone is 1. The molecule has 3 aromatic rings. The van der Waals surface area contributed by atoms with Crippen LogP contribution in [0.4, 0.5) is 4.79 Å². The highest BCUT2D eigenvalue weighted by atomic mass is 16.5. The summed E-state index contributed by atoms with van der Waals surface area (Å²) in [5.41, 5.74) is 8.76. The molecule has 9 heteroatoms. The number of rotatable bonds is 7. The zero-order valence-corrected chi connectivity index (χ0v) is 18.1. The number of amides is 3. The number of benzene rings is 2. The highest BCUT2D eigenvalue weighted by molar-refractivity contribution is 5.97. The first-order valence-electron chi connectivity index (χ1n) is 10.4. The molecule has 1 aliphatic rings. The van der Waals surface area contributed by atoms with Crippen LogP contribution < -0.4 is 25.8 Å². The van der Waals surface area contributed by atoms with Crippen molar-refractivity contribution in [3.05, 3.63) is 59.4 Å². The van der Waals surface area contributed by atoms with Gasteiger partial charge in [-0.25, -0.2) is 9.48 Å². The molecule has 2 aromatic carbocycles. The fourth-order valence-electron chi connectivity index (χ4n) is 3.88. The summed E-state index contributed by atoms with van der Waals surface area (Å²) >= 11 is 0. The molecule has 0 spiro atoms. The standard InChI is InChI=1S/C23H25N5O4/c1-4-31-18-9-7-16(11-19(18)32-5-2)28-17-8-6-14(10-15(17)12-25-28)21-20(22(24)29)13(3)26-23(30)27-21/h6-12,21H,4-5H2,1-3H3,(H2,24,29)(H2,26,27,30). The Labute approximate surface area is 185 Å². The van der Waals surface area contributed by atoms with Gasteiger partial charge in [0.2, 0.25) is 5.91 Å². The van der Waals surface area contributed by atoms with Crippen LogP contribution in [0.3, 0.4) is 0 Å². The van der Waals surface area contributed by atoms with Crippen molar-refractivity contribution in [2.24, 2.45) is 5.73 Å². The normalized spacial score (nSPS) is 16.0. The molecular weight excluding hydrogens is 410 g/mol. The van der Waals surface area contributed by atoms with Crippen LogP contribution in [0.25, 0.3) is 16.6 Å². The van der Waals surface area contributed by atoms with Crippen molar-refractivity contribution in [2.45, 2.75) is 26.8 Å². The monoisotopic (exact) mass is 435 g/mol. The minimum atomic E-state index is -0.635. The average Bonchev–Trinajstić information content (AvgIpc) is 3.17. The number of hydrogen-bond acceptors (Lipinski definition) is 5. The summed E-state index contributed by atoms with van der Waals surface area (Å²) in [6, 6.07) is 10.3. The Balaban J connectivity index is 1.74. The SMILES string of the molecule is CCOc1ccc(-n2ncc3cc(C4NC(=O)NC(C)=C4C(N)=O)ccc32)cc1OCC. The van der Waals surface area contributed by atoms with E-state index in [0.29, 0.717) is 36.0 Å². The number of carbonyl (C=O) groups excluding carboxylic acids is 2. The van der Waals surface area contributed by atoms with Crippen molar-refractivity contribution in [3.8, 4) is 17.2 Å². The van der Waals surface area contributed by atoms with Crippen LogP contribution in [-0.4, -0.2) is 34.9 Å². The summed E-state index contributed by atoms with van der Waals surface area (Å²) in [4.78, 5) is 24.0. The maximum Gasteiger partial charge on any atom is 0.319 e. The number of nitrogens with one attached hydrogen (secondary N) is 2. The Kier molecular flexibility index (Phi) is 5.72. The molecule has 0 saturated carbocycles. The lowest BCUT2D eigenvalue weighted by Gasteiger charge is -2.27. The summed E-state index contributed by atoms with van der Waals surface area (Å²) in [6.07, 6.45) is 1.74. The first-order valence-corrected chi connectivity index (χ1v) is 10.4. The lowest BCUT2D eigenvalue weighted by Crippen LogP contribution is -2.46.